The molecule has 2 aromatic rings. The van der Waals surface area contributed by atoms with Crippen molar-refractivity contribution >= 4 is 28.9 Å². The first-order chi connectivity index (χ1) is 12.1. The first-order valence-corrected chi connectivity index (χ1v) is 8.87. The fourth-order valence-corrected chi connectivity index (χ4v) is 2.46. The highest BCUT2D eigenvalue weighted by Crippen LogP contribution is 2.12. The van der Waals surface area contributed by atoms with Crippen LogP contribution < -0.4 is 15.4 Å². The summed E-state index contributed by atoms with van der Waals surface area (Å²) in [6.07, 6.45) is 1.99. The van der Waals surface area contributed by atoms with Crippen LogP contribution in [0.25, 0.3) is 0 Å². The predicted molar refractivity (Wildman–Crippen MR) is 106 cm³/mol. The number of aryl methyl sites for hydroxylation is 2. The van der Waals surface area contributed by atoms with E-state index < -0.39 is 0 Å². The number of thiocarbonyl (C=S) groups is 1. The molecule has 4 nitrogen and oxygen atoms in total. The molecule has 0 aliphatic rings. The van der Waals surface area contributed by atoms with Crippen LogP contribution in [0.3, 0.4) is 0 Å². The lowest BCUT2D eigenvalue weighted by Gasteiger charge is -2.10. The normalized spacial score (nSPS) is 10.2. The SMILES string of the molecule is CCc1ccc(NC(=S)NC(=O)CCCOc2ccc(C)cc2)cc1. The number of hydrogen-bond donors (Lipinski definition) is 2. The van der Waals surface area contributed by atoms with Crippen LogP contribution in [0.15, 0.2) is 48.5 Å². The minimum atomic E-state index is -0.116. The summed E-state index contributed by atoms with van der Waals surface area (Å²) in [6, 6.07) is 15.8. The predicted octanol–water partition coefficient (Wildman–Crippen LogP) is 4.23. The van der Waals surface area contributed by atoms with Crippen LogP contribution in [-0.4, -0.2) is 17.6 Å². The molecule has 0 aliphatic carbocycles. The Balaban J connectivity index is 1.65. The highest BCUT2D eigenvalue weighted by molar-refractivity contribution is 7.80. The average molecular weight is 356 g/mol. The second-order valence-electron chi connectivity index (χ2n) is 5.82. The van der Waals surface area contributed by atoms with E-state index in [4.69, 9.17) is 17.0 Å². The van der Waals surface area contributed by atoms with Crippen LogP contribution in [0.1, 0.15) is 30.9 Å². The summed E-state index contributed by atoms with van der Waals surface area (Å²) >= 11 is 5.17. The summed E-state index contributed by atoms with van der Waals surface area (Å²) in [6.45, 7) is 4.63. The van der Waals surface area contributed by atoms with E-state index >= 15 is 0 Å². The fraction of sp³-hybridized carbons (Fsp3) is 0.300. The van der Waals surface area contributed by atoms with Crippen molar-refractivity contribution in [3.05, 3.63) is 59.7 Å². The van der Waals surface area contributed by atoms with Gasteiger partial charge >= 0.3 is 0 Å². The zero-order chi connectivity index (χ0) is 18.1. The molecule has 132 valence electrons. The molecule has 2 aromatic carbocycles. The molecule has 0 aromatic heterocycles. The van der Waals surface area contributed by atoms with E-state index in [2.05, 4.69) is 17.6 Å². The molecule has 2 N–H and O–H groups in total. The Bertz CT molecular complexity index is 697. The van der Waals surface area contributed by atoms with E-state index in [1.165, 1.54) is 11.1 Å². The Labute approximate surface area is 154 Å². The van der Waals surface area contributed by atoms with Crippen LogP contribution in [-0.2, 0) is 11.2 Å². The average Bonchev–Trinajstić information content (AvgIpc) is 2.61. The largest absolute Gasteiger partial charge is 0.494 e. The second kappa shape index (κ2) is 9.79. The van der Waals surface area contributed by atoms with Gasteiger partial charge in [0.05, 0.1) is 6.61 Å². The number of ether oxygens (including phenoxy) is 1. The summed E-state index contributed by atoms with van der Waals surface area (Å²) in [5.74, 6) is 0.703. The van der Waals surface area contributed by atoms with Gasteiger partial charge in [0, 0.05) is 12.1 Å². The molecule has 0 spiro atoms. The van der Waals surface area contributed by atoms with Gasteiger partial charge in [-0.1, -0.05) is 36.8 Å². The number of nitrogens with one attached hydrogen (secondary N) is 2. The van der Waals surface area contributed by atoms with Crippen molar-refractivity contribution in [1.29, 1.82) is 0 Å². The van der Waals surface area contributed by atoms with Gasteiger partial charge in [0.15, 0.2) is 5.11 Å². The van der Waals surface area contributed by atoms with Crippen molar-refractivity contribution in [1.82, 2.24) is 5.32 Å². The van der Waals surface area contributed by atoms with Crippen LogP contribution >= 0.6 is 12.2 Å². The molecule has 0 fully saturated rings. The summed E-state index contributed by atoms with van der Waals surface area (Å²) in [7, 11) is 0. The van der Waals surface area contributed by atoms with Gasteiger partial charge in [-0.3, -0.25) is 4.79 Å². The van der Waals surface area contributed by atoms with Crippen molar-refractivity contribution in [2.24, 2.45) is 0 Å². The smallest absolute Gasteiger partial charge is 0.226 e. The van der Waals surface area contributed by atoms with Crippen LogP contribution in [0.4, 0.5) is 5.69 Å². The molecule has 5 heteroatoms. The van der Waals surface area contributed by atoms with Crippen molar-refractivity contribution < 1.29 is 9.53 Å². The van der Waals surface area contributed by atoms with E-state index in [-0.39, 0.29) is 5.91 Å². The number of amides is 1. The molecule has 0 saturated heterocycles. The second-order valence-corrected chi connectivity index (χ2v) is 6.23. The van der Waals surface area contributed by atoms with Gasteiger partial charge in [0.1, 0.15) is 5.75 Å². The third-order valence-corrected chi connectivity index (χ3v) is 3.92. The van der Waals surface area contributed by atoms with Gasteiger partial charge in [-0.05, 0) is 61.8 Å². The van der Waals surface area contributed by atoms with Gasteiger partial charge < -0.3 is 15.4 Å². The highest BCUT2D eigenvalue weighted by atomic mass is 32.1. The lowest BCUT2D eigenvalue weighted by Crippen LogP contribution is -2.34. The Morgan fingerprint density at radius 3 is 2.40 bits per heavy atom. The van der Waals surface area contributed by atoms with E-state index in [0.29, 0.717) is 24.6 Å². The number of benzene rings is 2. The molecular weight excluding hydrogens is 332 g/mol. The molecule has 0 radical (unpaired) electrons. The lowest BCUT2D eigenvalue weighted by atomic mass is 10.1. The molecule has 0 bridgehead atoms. The van der Waals surface area contributed by atoms with Gasteiger partial charge in [-0.25, -0.2) is 0 Å². The Morgan fingerprint density at radius 1 is 1.08 bits per heavy atom. The Kier molecular flexibility index (Phi) is 7.41. The summed E-state index contributed by atoms with van der Waals surface area (Å²) in [4.78, 5) is 11.9. The number of hydrogen-bond acceptors (Lipinski definition) is 3. The minimum Gasteiger partial charge on any atom is -0.494 e. The van der Waals surface area contributed by atoms with E-state index in [1.807, 2.05) is 55.5 Å². The minimum absolute atomic E-state index is 0.116. The quantitative estimate of drug-likeness (QED) is 0.576. The van der Waals surface area contributed by atoms with Gasteiger partial charge in [-0.15, -0.1) is 0 Å². The number of rotatable bonds is 7. The molecule has 0 unspecified atom stereocenters. The van der Waals surface area contributed by atoms with Crippen LogP contribution in [0.2, 0.25) is 0 Å². The maximum Gasteiger partial charge on any atom is 0.226 e. The monoisotopic (exact) mass is 356 g/mol. The van der Waals surface area contributed by atoms with Gasteiger partial charge in [-0.2, -0.15) is 0 Å². The van der Waals surface area contributed by atoms with Gasteiger partial charge in [0.25, 0.3) is 0 Å². The van der Waals surface area contributed by atoms with Crippen LogP contribution in [0, 0.1) is 6.92 Å². The van der Waals surface area contributed by atoms with E-state index in [9.17, 15) is 4.79 Å². The van der Waals surface area contributed by atoms with Crippen molar-refractivity contribution in [2.75, 3.05) is 11.9 Å². The molecule has 0 saturated carbocycles. The van der Waals surface area contributed by atoms with E-state index in [0.717, 1.165) is 17.9 Å². The van der Waals surface area contributed by atoms with Crippen LogP contribution in [0.5, 0.6) is 5.75 Å². The van der Waals surface area contributed by atoms with E-state index in [1.54, 1.807) is 0 Å². The van der Waals surface area contributed by atoms with Gasteiger partial charge in [0.2, 0.25) is 5.91 Å². The zero-order valence-electron chi connectivity index (χ0n) is 14.7. The fourth-order valence-electron chi connectivity index (χ4n) is 2.23. The third kappa shape index (κ3) is 6.93. The van der Waals surface area contributed by atoms with Crippen molar-refractivity contribution in [2.45, 2.75) is 33.1 Å². The molecule has 2 rings (SSSR count). The lowest BCUT2D eigenvalue weighted by molar-refractivity contribution is -0.119. The number of anilines is 1. The summed E-state index contributed by atoms with van der Waals surface area (Å²) in [5.41, 5.74) is 3.32. The molecule has 1 amide bonds. The topological polar surface area (TPSA) is 50.4 Å². The zero-order valence-corrected chi connectivity index (χ0v) is 15.5. The molecule has 0 heterocycles. The molecule has 0 aliphatic heterocycles. The van der Waals surface area contributed by atoms with Crippen molar-refractivity contribution in [3.8, 4) is 5.75 Å². The third-order valence-electron chi connectivity index (χ3n) is 3.71. The number of carbonyl (C=O) groups is 1. The molecule has 0 atom stereocenters. The molecular formula is C20H24N2O2S. The highest BCUT2D eigenvalue weighted by Gasteiger charge is 2.05. The van der Waals surface area contributed by atoms with Crippen molar-refractivity contribution in [3.63, 3.8) is 0 Å². The summed E-state index contributed by atoms with van der Waals surface area (Å²) in [5, 5.41) is 6.02. The first kappa shape index (κ1) is 18.9. The first-order valence-electron chi connectivity index (χ1n) is 8.46. The summed E-state index contributed by atoms with van der Waals surface area (Å²) < 4.78 is 5.61. The maximum atomic E-state index is 11.9. The molecule has 25 heavy (non-hydrogen) atoms. The Hall–Kier alpha value is -2.40. The standard InChI is InChI=1S/C20H24N2O2S/c1-3-16-8-10-17(11-9-16)21-20(25)22-19(23)5-4-14-24-18-12-6-15(2)7-13-18/h6-13H,3-5,14H2,1-2H3,(H2,21,22,23,25). The number of carbonyl (C=O) groups excluding carboxylic acids is 1. The maximum absolute atomic E-state index is 11.9. The Morgan fingerprint density at radius 2 is 1.76 bits per heavy atom.